The number of nitrogens with one attached hydrogen (secondary N) is 1. The van der Waals surface area contributed by atoms with Crippen molar-refractivity contribution in [3.05, 3.63) is 29.8 Å². The lowest BCUT2D eigenvalue weighted by atomic mass is 9.57. The SMILES string of the molecule is NC12CCC(C(=O)Nc3ccc(F)cc3F)(CC1)CC2. The van der Waals surface area contributed by atoms with E-state index in [1.807, 2.05) is 0 Å². The van der Waals surface area contributed by atoms with Gasteiger partial charge in [0.05, 0.1) is 5.69 Å². The number of halogens is 2. The second-order valence-corrected chi connectivity index (χ2v) is 6.22. The number of benzene rings is 1. The van der Waals surface area contributed by atoms with Crippen LogP contribution in [0.1, 0.15) is 38.5 Å². The van der Waals surface area contributed by atoms with E-state index in [2.05, 4.69) is 5.32 Å². The van der Waals surface area contributed by atoms with Crippen LogP contribution in [-0.4, -0.2) is 11.4 Å². The molecule has 5 heteroatoms. The molecule has 20 heavy (non-hydrogen) atoms. The summed E-state index contributed by atoms with van der Waals surface area (Å²) in [5, 5.41) is 2.61. The van der Waals surface area contributed by atoms with E-state index in [0.29, 0.717) is 0 Å². The Morgan fingerprint density at radius 1 is 1.10 bits per heavy atom. The number of fused-ring (bicyclic) bond motifs is 3. The highest BCUT2D eigenvalue weighted by Gasteiger charge is 2.50. The van der Waals surface area contributed by atoms with Crippen molar-refractivity contribution in [2.24, 2.45) is 11.1 Å². The zero-order valence-corrected chi connectivity index (χ0v) is 11.2. The Morgan fingerprint density at radius 2 is 1.70 bits per heavy atom. The molecule has 0 atom stereocenters. The Bertz CT molecular complexity index is 534. The van der Waals surface area contributed by atoms with Gasteiger partial charge in [0.1, 0.15) is 11.6 Å². The summed E-state index contributed by atoms with van der Waals surface area (Å²) in [5.74, 6) is -1.55. The van der Waals surface area contributed by atoms with Crippen molar-refractivity contribution in [3.63, 3.8) is 0 Å². The quantitative estimate of drug-likeness (QED) is 0.875. The van der Waals surface area contributed by atoms with E-state index in [9.17, 15) is 13.6 Å². The average Bonchev–Trinajstić information content (AvgIpc) is 2.43. The zero-order chi connectivity index (χ0) is 14.4. The van der Waals surface area contributed by atoms with Crippen molar-refractivity contribution >= 4 is 11.6 Å². The van der Waals surface area contributed by atoms with Gasteiger partial charge in [-0.3, -0.25) is 4.79 Å². The molecule has 0 aromatic heterocycles. The van der Waals surface area contributed by atoms with Crippen LogP contribution < -0.4 is 11.1 Å². The van der Waals surface area contributed by atoms with Gasteiger partial charge in [0.25, 0.3) is 0 Å². The highest BCUT2D eigenvalue weighted by molar-refractivity contribution is 5.95. The normalized spacial score (nSPS) is 32.1. The molecule has 1 aromatic carbocycles. The van der Waals surface area contributed by atoms with Crippen LogP contribution in [0.25, 0.3) is 0 Å². The fourth-order valence-corrected chi connectivity index (χ4v) is 3.40. The number of hydrogen-bond donors (Lipinski definition) is 2. The van der Waals surface area contributed by atoms with Crippen molar-refractivity contribution in [1.82, 2.24) is 0 Å². The first-order valence-corrected chi connectivity index (χ1v) is 6.98. The molecule has 1 aromatic rings. The maximum Gasteiger partial charge on any atom is 0.230 e. The van der Waals surface area contributed by atoms with Crippen LogP contribution in [0.3, 0.4) is 0 Å². The van der Waals surface area contributed by atoms with Crippen LogP contribution >= 0.6 is 0 Å². The Balaban J connectivity index is 1.76. The number of hydrogen-bond acceptors (Lipinski definition) is 2. The van der Waals surface area contributed by atoms with Crippen molar-refractivity contribution < 1.29 is 13.6 Å². The van der Waals surface area contributed by atoms with Crippen LogP contribution in [-0.2, 0) is 4.79 Å². The van der Waals surface area contributed by atoms with E-state index in [1.54, 1.807) is 0 Å². The van der Waals surface area contributed by atoms with Crippen molar-refractivity contribution in [2.45, 2.75) is 44.1 Å². The molecule has 3 aliphatic rings. The monoisotopic (exact) mass is 280 g/mol. The molecule has 0 heterocycles. The summed E-state index contributed by atoms with van der Waals surface area (Å²) in [6.45, 7) is 0. The predicted molar refractivity (Wildman–Crippen MR) is 72.0 cm³/mol. The zero-order valence-electron chi connectivity index (χ0n) is 11.2. The van der Waals surface area contributed by atoms with Gasteiger partial charge in [0.15, 0.2) is 0 Å². The molecule has 0 saturated heterocycles. The van der Waals surface area contributed by atoms with Crippen molar-refractivity contribution in [1.29, 1.82) is 0 Å². The second-order valence-electron chi connectivity index (χ2n) is 6.22. The molecule has 0 spiro atoms. The summed E-state index contributed by atoms with van der Waals surface area (Å²) in [6.07, 6.45) is 4.76. The Morgan fingerprint density at radius 3 is 2.25 bits per heavy atom. The van der Waals surface area contributed by atoms with Gasteiger partial charge in [0, 0.05) is 17.0 Å². The van der Waals surface area contributed by atoms with E-state index < -0.39 is 17.0 Å². The number of anilines is 1. The lowest BCUT2D eigenvalue weighted by molar-refractivity contribution is -0.131. The van der Waals surface area contributed by atoms with E-state index in [0.717, 1.165) is 50.7 Å². The van der Waals surface area contributed by atoms with Gasteiger partial charge in [-0.2, -0.15) is 0 Å². The third-order valence-electron chi connectivity index (χ3n) is 4.97. The van der Waals surface area contributed by atoms with E-state index in [4.69, 9.17) is 5.73 Å². The molecular formula is C15H18F2N2O. The van der Waals surface area contributed by atoms with Gasteiger partial charge in [-0.25, -0.2) is 8.78 Å². The van der Waals surface area contributed by atoms with Crippen LogP contribution in [0.4, 0.5) is 14.5 Å². The fourth-order valence-electron chi connectivity index (χ4n) is 3.40. The molecule has 4 rings (SSSR count). The molecule has 3 nitrogen and oxygen atoms in total. The van der Waals surface area contributed by atoms with E-state index in [-0.39, 0.29) is 17.1 Å². The number of amides is 1. The van der Waals surface area contributed by atoms with Gasteiger partial charge in [-0.15, -0.1) is 0 Å². The largest absolute Gasteiger partial charge is 0.325 e. The molecule has 0 aliphatic heterocycles. The summed E-state index contributed by atoms with van der Waals surface area (Å²) in [4.78, 5) is 12.5. The first-order valence-electron chi connectivity index (χ1n) is 6.98. The number of nitrogens with two attached hydrogens (primary N) is 1. The standard InChI is InChI=1S/C15H18F2N2O/c16-10-1-2-12(11(17)9-10)19-13(20)14-3-6-15(18,7-4-14)8-5-14/h1-2,9H,3-8,18H2,(H,19,20). The summed E-state index contributed by atoms with van der Waals surface area (Å²) in [7, 11) is 0. The molecule has 3 aliphatic carbocycles. The molecule has 108 valence electrons. The summed E-state index contributed by atoms with van der Waals surface area (Å²) in [5.41, 5.74) is 5.72. The highest BCUT2D eigenvalue weighted by Crippen LogP contribution is 2.51. The third-order valence-corrected chi connectivity index (χ3v) is 4.97. The highest BCUT2D eigenvalue weighted by atomic mass is 19.1. The first kappa shape index (κ1) is 13.5. The van der Waals surface area contributed by atoms with Crippen LogP contribution in [0.15, 0.2) is 18.2 Å². The van der Waals surface area contributed by atoms with Gasteiger partial charge in [-0.1, -0.05) is 0 Å². The van der Waals surface area contributed by atoms with Crippen LogP contribution in [0.2, 0.25) is 0 Å². The first-order chi connectivity index (χ1) is 9.42. The third kappa shape index (κ3) is 2.20. The van der Waals surface area contributed by atoms with Crippen molar-refractivity contribution in [3.8, 4) is 0 Å². The summed E-state index contributed by atoms with van der Waals surface area (Å²) in [6, 6.07) is 3.18. The molecule has 1 amide bonds. The van der Waals surface area contributed by atoms with Gasteiger partial charge in [-0.05, 0) is 50.7 Å². The van der Waals surface area contributed by atoms with E-state index >= 15 is 0 Å². The second kappa shape index (κ2) is 4.52. The minimum absolute atomic E-state index is 0.0425. The maximum atomic E-state index is 13.6. The molecular weight excluding hydrogens is 262 g/mol. The molecule has 3 saturated carbocycles. The summed E-state index contributed by atoms with van der Waals surface area (Å²) >= 11 is 0. The van der Waals surface area contributed by atoms with E-state index in [1.165, 1.54) is 6.07 Å². The lowest BCUT2D eigenvalue weighted by Crippen LogP contribution is -2.55. The number of carbonyl (C=O) groups is 1. The predicted octanol–water partition coefficient (Wildman–Crippen LogP) is 2.96. The average molecular weight is 280 g/mol. The van der Waals surface area contributed by atoms with Gasteiger partial charge < -0.3 is 11.1 Å². The minimum Gasteiger partial charge on any atom is -0.325 e. The topological polar surface area (TPSA) is 55.1 Å². The minimum atomic E-state index is -0.741. The molecule has 2 bridgehead atoms. The molecule has 3 N–H and O–H groups in total. The molecule has 3 fully saturated rings. The number of rotatable bonds is 2. The molecule has 0 unspecified atom stereocenters. The van der Waals surface area contributed by atoms with Crippen molar-refractivity contribution in [2.75, 3.05) is 5.32 Å². The Labute approximate surface area is 116 Å². The lowest BCUT2D eigenvalue weighted by Gasteiger charge is -2.50. The Hall–Kier alpha value is -1.49. The van der Waals surface area contributed by atoms with Gasteiger partial charge >= 0.3 is 0 Å². The Kier molecular flexibility index (Phi) is 3.05. The smallest absolute Gasteiger partial charge is 0.230 e. The number of carbonyl (C=O) groups excluding carboxylic acids is 1. The van der Waals surface area contributed by atoms with Gasteiger partial charge in [0.2, 0.25) is 5.91 Å². The summed E-state index contributed by atoms with van der Waals surface area (Å²) < 4.78 is 26.5. The van der Waals surface area contributed by atoms with Crippen LogP contribution in [0, 0.1) is 17.0 Å². The fraction of sp³-hybridized carbons (Fsp3) is 0.533. The molecule has 0 radical (unpaired) electrons. The van der Waals surface area contributed by atoms with Crippen LogP contribution in [0.5, 0.6) is 0 Å². The maximum absolute atomic E-state index is 13.6.